The summed E-state index contributed by atoms with van der Waals surface area (Å²) in [5, 5.41) is 52.3. The second kappa shape index (κ2) is 14.9. The summed E-state index contributed by atoms with van der Waals surface area (Å²) < 4.78 is 13.9. The first-order chi connectivity index (χ1) is 20.4. The summed E-state index contributed by atoms with van der Waals surface area (Å²) in [7, 11) is 0. The minimum absolute atomic E-state index is 0.0285. The Kier molecular flexibility index (Phi) is 11.1. The van der Waals surface area contributed by atoms with E-state index in [1.165, 1.54) is 16.8 Å². The fourth-order valence-corrected chi connectivity index (χ4v) is 3.94. The Bertz CT molecular complexity index is 1480. The monoisotopic (exact) mass is 600 g/mol. The molecule has 0 aliphatic heterocycles. The number of nitrogens with zero attached hydrogens (tertiary/aromatic N) is 3. The van der Waals surface area contributed by atoms with Crippen LogP contribution in [-0.2, 0) is 27.2 Å². The average Bonchev–Trinajstić information content (AvgIpc) is 3.43. The molecular formula is C27H29FN6O9. The Morgan fingerprint density at radius 1 is 0.884 bits per heavy atom. The number of benzene rings is 2. The van der Waals surface area contributed by atoms with E-state index in [1.807, 2.05) is 0 Å². The molecule has 3 rings (SSSR count). The molecule has 16 heteroatoms. The van der Waals surface area contributed by atoms with Crippen LogP contribution in [0.15, 0.2) is 48.7 Å². The van der Waals surface area contributed by atoms with Crippen LogP contribution in [0.25, 0.3) is 5.69 Å². The lowest BCUT2D eigenvalue weighted by Gasteiger charge is -2.18. The van der Waals surface area contributed by atoms with E-state index in [-0.39, 0.29) is 24.8 Å². The van der Waals surface area contributed by atoms with Crippen molar-refractivity contribution in [1.82, 2.24) is 25.6 Å². The minimum atomic E-state index is -1.52. The molecule has 15 nitrogen and oxygen atoms in total. The highest BCUT2D eigenvalue weighted by atomic mass is 19.1. The van der Waals surface area contributed by atoms with E-state index in [0.717, 1.165) is 0 Å². The van der Waals surface area contributed by atoms with Crippen LogP contribution in [0.4, 0.5) is 20.6 Å². The number of alkyl halides is 1. The van der Waals surface area contributed by atoms with E-state index in [9.17, 15) is 43.7 Å². The Balaban J connectivity index is 1.69. The van der Waals surface area contributed by atoms with Crippen LogP contribution in [0, 0.1) is 0 Å². The lowest BCUT2D eigenvalue weighted by atomic mass is 10.1. The van der Waals surface area contributed by atoms with Gasteiger partial charge in [-0.2, -0.15) is 0 Å². The Hall–Kier alpha value is -5.54. The molecule has 0 spiro atoms. The fourth-order valence-electron chi connectivity index (χ4n) is 3.94. The highest BCUT2D eigenvalue weighted by Gasteiger charge is 2.25. The molecule has 228 valence electrons. The third-order valence-electron chi connectivity index (χ3n) is 6.07. The first-order valence-corrected chi connectivity index (χ1v) is 12.9. The highest BCUT2D eigenvalue weighted by molar-refractivity contribution is 5.90. The number of urea groups is 1. The number of rotatable bonds is 16. The fraction of sp³-hybridized carbons (Fsp3) is 0.296. The predicted molar refractivity (Wildman–Crippen MR) is 147 cm³/mol. The van der Waals surface area contributed by atoms with Gasteiger partial charge in [0, 0.05) is 24.2 Å². The Morgan fingerprint density at radius 2 is 1.56 bits per heavy atom. The number of aliphatic carboxylic acids is 3. The van der Waals surface area contributed by atoms with Gasteiger partial charge in [0.25, 0.3) is 0 Å². The topological polar surface area (TPSA) is 233 Å². The number of carbonyl (C=O) groups is 5. The molecule has 2 amide bonds. The highest BCUT2D eigenvalue weighted by Crippen LogP contribution is 2.23. The molecule has 0 fully saturated rings. The standard InChI is InChI=1S/C27H29FN6O9/c28-9-1-2-18-14-34(33-32-18)20-12-16(24(37)38)11-19(13-20)29-17-5-3-15(4-6-17)10-22(26(41)42)31-27(43)30-21(25(39)40)7-8-23(35)36/h3-6,11-14,21-22,29H,1-2,7-10H2,(H,35,36)(H,37,38)(H,39,40)(H,41,42)(H2,30,31,43)/t21-,22-/m0/s1. The van der Waals surface area contributed by atoms with Crippen LogP contribution in [0.5, 0.6) is 0 Å². The summed E-state index contributed by atoms with van der Waals surface area (Å²) in [5.74, 6) is -5.27. The van der Waals surface area contributed by atoms with Crippen LogP contribution in [-0.4, -0.2) is 84.1 Å². The second-order valence-electron chi connectivity index (χ2n) is 9.38. The van der Waals surface area contributed by atoms with Gasteiger partial charge in [0.2, 0.25) is 0 Å². The molecule has 43 heavy (non-hydrogen) atoms. The zero-order valence-electron chi connectivity index (χ0n) is 22.6. The van der Waals surface area contributed by atoms with E-state index < -0.39 is 55.1 Å². The quantitative estimate of drug-likeness (QED) is 0.125. The number of hydrogen-bond acceptors (Lipinski definition) is 8. The number of anilines is 2. The SMILES string of the molecule is O=C(O)CC[C@H](NC(=O)N[C@@H](Cc1ccc(Nc2cc(C(=O)O)cc(-n3cc(CCCF)nn3)c2)cc1)C(=O)O)C(=O)O. The molecule has 0 unspecified atom stereocenters. The Labute approximate surface area is 243 Å². The summed E-state index contributed by atoms with van der Waals surface area (Å²) in [6.07, 6.45) is 1.19. The molecular weight excluding hydrogens is 571 g/mol. The molecule has 2 aromatic carbocycles. The van der Waals surface area contributed by atoms with E-state index in [0.29, 0.717) is 34.7 Å². The van der Waals surface area contributed by atoms with Crippen molar-refractivity contribution >= 4 is 41.3 Å². The van der Waals surface area contributed by atoms with Crippen LogP contribution in [0.3, 0.4) is 0 Å². The van der Waals surface area contributed by atoms with Crippen molar-refractivity contribution in [2.45, 2.75) is 44.2 Å². The Morgan fingerprint density at radius 3 is 2.16 bits per heavy atom. The zero-order chi connectivity index (χ0) is 31.5. The smallest absolute Gasteiger partial charge is 0.335 e. The average molecular weight is 601 g/mol. The molecule has 1 heterocycles. The maximum atomic E-state index is 12.5. The first kappa shape index (κ1) is 32.0. The van der Waals surface area contributed by atoms with Gasteiger partial charge in [0.05, 0.1) is 29.8 Å². The van der Waals surface area contributed by atoms with Crippen molar-refractivity contribution in [3.05, 3.63) is 65.5 Å². The van der Waals surface area contributed by atoms with Crippen molar-refractivity contribution in [3.8, 4) is 5.69 Å². The maximum Gasteiger partial charge on any atom is 0.335 e. The summed E-state index contributed by atoms with van der Waals surface area (Å²) in [5.41, 5.74) is 2.36. The van der Waals surface area contributed by atoms with Crippen LogP contribution in [0.2, 0.25) is 0 Å². The van der Waals surface area contributed by atoms with Gasteiger partial charge in [0.1, 0.15) is 12.1 Å². The third-order valence-corrected chi connectivity index (χ3v) is 6.07. The molecule has 0 bridgehead atoms. The van der Waals surface area contributed by atoms with Crippen molar-refractivity contribution < 1.29 is 48.8 Å². The molecule has 0 radical (unpaired) electrons. The predicted octanol–water partition coefficient (Wildman–Crippen LogP) is 2.22. The van der Waals surface area contributed by atoms with Gasteiger partial charge in [0.15, 0.2) is 0 Å². The molecule has 0 saturated carbocycles. The normalized spacial score (nSPS) is 12.1. The number of aromatic carboxylic acids is 1. The van der Waals surface area contributed by atoms with Gasteiger partial charge in [-0.3, -0.25) is 9.18 Å². The largest absolute Gasteiger partial charge is 0.481 e. The van der Waals surface area contributed by atoms with Crippen LogP contribution in [0.1, 0.15) is 40.9 Å². The van der Waals surface area contributed by atoms with E-state index in [2.05, 4.69) is 26.3 Å². The van der Waals surface area contributed by atoms with Crippen molar-refractivity contribution in [2.24, 2.45) is 0 Å². The number of carbonyl (C=O) groups excluding carboxylic acids is 1. The van der Waals surface area contributed by atoms with Gasteiger partial charge in [-0.25, -0.2) is 23.9 Å². The number of hydrogen-bond donors (Lipinski definition) is 7. The van der Waals surface area contributed by atoms with Gasteiger partial charge in [-0.1, -0.05) is 17.3 Å². The molecule has 0 saturated heterocycles. The molecule has 0 aliphatic carbocycles. The minimum Gasteiger partial charge on any atom is -0.481 e. The van der Waals surface area contributed by atoms with Gasteiger partial charge in [-0.15, -0.1) is 5.10 Å². The number of aromatic nitrogens is 3. The summed E-state index contributed by atoms with van der Waals surface area (Å²) >= 11 is 0. The van der Waals surface area contributed by atoms with E-state index in [4.69, 9.17) is 5.11 Å². The van der Waals surface area contributed by atoms with Gasteiger partial charge >= 0.3 is 29.9 Å². The van der Waals surface area contributed by atoms with Gasteiger partial charge < -0.3 is 36.4 Å². The summed E-state index contributed by atoms with van der Waals surface area (Å²) in [6, 6.07) is 6.80. The first-order valence-electron chi connectivity index (χ1n) is 12.9. The molecule has 0 aliphatic rings. The van der Waals surface area contributed by atoms with Crippen LogP contribution < -0.4 is 16.0 Å². The summed E-state index contributed by atoms with van der Waals surface area (Å²) in [6.45, 7) is -0.500. The lowest BCUT2D eigenvalue weighted by molar-refractivity contribution is -0.140. The van der Waals surface area contributed by atoms with E-state index in [1.54, 1.807) is 36.5 Å². The van der Waals surface area contributed by atoms with Crippen molar-refractivity contribution in [3.63, 3.8) is 0 Å². The molecule has 2 atom stereocenters. The molecule has 7 N–H and O–H groups in total. The van der Waals surface area contributed by atoms with E-state index >= 15 is 0 Å². The zero-order valence-corrected chi connectivity index (χ0v) is 22.6. The third kappa shape index (κ3) is 9.80. The van der Waals surface area contributed by atoms with Crippen molar-refractivity contribution in [1.29, 1.82) is 0 Å². The second-order valence-corrected chi connectivity index (χ2v) is 9.38. The number of amides is 2. The number of carboxylic acids is 4. The van der Waals surface area contributed by atoms with Gasteiger partial charge in [-0.05, 0) is 55.2 Å². The summed E-state index contributed by atoms with van der Waals surface area (Å²) in [4.78, 5) is 57.7. The maximum absolute atomic E-state index is 12.5. The molecule has 1 aromatic heterocycles. The van der Waals surface area contributed by atoms with Crippen LogP contribution >= 0.6 is 0 Å². The number of carboxylic acid groups (broad SMARTS) is 4. The lowest BCUT2D eigenvalue weighted by Crippen LogP contribution is -2.51. The van der Waals surface area contributed by atoms with Crippen molar-refractivity contribution in [2.75, 3.05) is 12.0 Å². The number of nitrogens with one attached hydrogen (secondary N) is 3. The molecule has 3 aromatic rings. The number of halogens is 1. The number of aryl methyl sites for hydroxylation is 1.